The first-order valence-corrected chi connectivity index (χ1v) is 4.81. The van der Waals surface area contributed by atoms with Crippen molar-refractivity contribution in [2.75, 3.05) is 6.61 Å². The van der Waals surface area contributed by atoms with Gasteiger partial charge in [-0.2, -0.15) is 0 Å². The lowest BCUT2D eigenvalue weighted by molar-refractivity contribution is -0.143. The number of benzene rings is 1. The van der Waals surface area contributed by atoms with Crippen LogP contribution in [0.2, 0.25) is 0 Å². The third kappa shape index (κ3) is 4.08. The van der Waals surface area contributed by atoms with Gasteiger partial charge in [0, 0.05) is 12.8 Å². The smallest absolute Gasteiger partial charge is 0.305 e. The molecule has 1 aromatic rings. The number of hydrogen-bond acceptors (Lipinski definition) is 2. The Labute approximate surface area is 84.9 Å². The molecule has 2 nitrogen and oxygen atoms in total. The largest absolute Gasteiger partial charge is 0.465 e. The molecule has 0 N–H and O–H groups in total. The normalized spacial score (nSPS) is 9.79. The summed E-state index contributed by atoms with van der Waals surface area (Å²) in [6.45, 7) is 4.05. The number of carbonyl (C=O) groups excluding carboxylic acids is 1. The molecule has 0 saturated carbocycles. The van der Waals surface area contributed by atoms with Crippen LogP contribution in [0.1, 0.15) is 18.4 Å². The molecule has 0 unspecified atom stereocenters. The van der Waals surface area contributed by atoms with Crippen LogP contribution in [0, 0.1) is 6.92 Å². The van der Waals surface area contributed by atoms with Crippen LogP contribution in [-0.4, -0.2) is 12.6 Å². The number of ether oxygens (including phenoxy) is 1. The van der Waals surface area contributed by atoms with Crippen molar-refractivity contribution >= 4 is 5.97 Å². The molecule has 1 radical (unpaired) electrons. The lowest BCUT2D eigenvalue weighted by Crippen LogP contribution is -2.06. The van der Waals surface area contributed by atoms with Crippen LogP contribution in [0.3, 0.4) is 0 Å². The van der Waals surface area contributed by atoms with Crippen molar-refractivity contribution in [2.24, 2.45) is 0 Å². The van der Waals surface area contributed by atoms with Gasteiger partial charge < -0.3 is 4.74 Å². The van der Waals surface area contributed by atoms with Crippen LogP contribution >= 0.6 is 0 Å². The van der Waals surface area contributed by atoms with Crippen molar-refractivity contribution < 1.29 is 9.53 Å². The van der Waals surface area contributed by atoms with Gasteiger partial charge in [0.15, 0.2) is 0 Å². The highest BCUT2D eigenvalue weighted by molar-refractivity contribution is 5.69. The lowest BCUT2D eigenvalue weighted by Gasteiger charge is -2.03. The van der Waals surface area contributed by atoms with E-state index in [4.69, 9.17) is 4.74 Å². The average Bonchev–Trinajstić information content (AvgIpc) is 2.20. The van der Waals surface area contributed by atoms with E-state index in [9.17, 15) is 4.79 Å². The SMILES string of the molecule is [CH2]CCC(=O)OCCc1ccccc1. The Bertz CT molecular complexity index is 267. The molecular weight excluding hydrogens is 176 g/mol. The maximum absolute atomic E-state index is 11.0. The minimum atomic E-state index is -0.157. The first kappa shape index (κ1) is 10.8. The molecule has 75 valence electrons. The van der Waals surface area contributed by atoms with Crippen molar-refractivity contribution in [3.63, 3.8) is 0 Å². The zero-order valence-corrected chi connectivity index (χ0v) is 8.24. The Morgan fingerprint density at radius 3 is 2.64 bits per heavy atom. The van der Waals surface area contributed by atoms with Crippen LogP contribution in [0.15, 0.2) is 30.3 Å². The average molecular weight is 191 g/mol. The molecule has 1 aromatic carbocycles. The molecular formula is C12H15O2. The standard InChI is InChI=1S/C12H15O2/c1-2-6-12(13)14-10-9-11-7-4-3-5-8-11/h3-5,7-8H,1-2,6,9-10H2. The van der Waals surface area contributed by atoms with E-state index in [1.54, 1.807) is 0 Å². The third-order valence-electron chi connectivity index (χ3n) is 1.88. The monoisotopic (exact) mass is 191 g/mol. The Hall–Kier alpha value is -1.31. The predicted octanol–water partition coefficient (Wildman–Crippen LogP) is 2.39. The molecule has 0 spiro atoms. The molecule has 0 aromatic heterocycles. The summed E-state index contributed by atoms with van der Waals surface area (Å²) >= 11 is 0. The fourth-order valence-electron chi connectivity index (χ4n) is 1.14. The van der Waals surface area contributed by atoms with Gasteiger partial charge >= 0.3 is 5.97 Å². The van der Waals surface area contributed by atoms with Gasteiger partial charge in [-0.05, 0) is 12.0 Å². The molecule has 14 heavy (non-hydrogen) atoms. The maximum Gasteiger partial charge on any atom is 0.305 e. The van der Waals surface area contributed by atoms with E-state index in [-0.39, 0.29) is 5.97 Å². The van der Waals surface area contributed by atoms with Crippen LogP contribution in [-0.2, 0) is 16.0 Å². The van der Waals surface area contributed by atoms with Gasteiger partial charge in [0.25, 0.3) is 0 Å². The van der Waals surface area contributed by atoms with Gasteiger partial charge in [-0.15, -0.1) is 0 Å². The quantitative estimate of drug-likeness (QED) is 0.668. The van der Waals surface area contributed by atoms with E-state index < -0.39 is 0 Å². The maximum atomic E-state index is 11.0. The minimum Gasteiger partial charge on any atom is -0.465 e. The van der Waals surface area contributed by atoms with E-state index in [0.29, 0.717) is 19.4 Å². The fraction of sp³-hybridized carbons (Fsp3) is 0.333. The highest BCUT2D eigenvalue weighted by atomic mass is 16.5. The summed E-state index contributed by atoms with van der Waals surface area (Å²) in [4.78, 5) is 11.0. The molecule has 0 saturated heterocycles. The highest BCUT2D eigenvalue weighted by Gasteiger charge is 1.99. The summed E-state index contributed by atoms with van der Waals surface area (Å²) < 4.78 is 5.01. The first-order valence-electron chi connectivity index (χ1n) is 4.81. The van der Waals surface area contributed by atoms with Gasteiger partial charge in [-0.3, -0.25) is 4.79 Å². The molecule has 0 fully saturated rings. The van der Waals surface area contributed by atoms with Crippen molar-refractivity contribution in [2.45, 2.75) is 19.3 Å². The van der Waals surface area contributed by atoms with Crippen molar-refractivity contribution in [1.82, 2.24) is 0 Å². The van der Waals surface area contributed by atoms with Gasteiger partial charge in [0.1, 0.15) is 0 Å². The molecule has 2 heteroatoms. The summed E-state index contributed by atoms with van der Waals surface area (Å²) in [5.74, 6) is -0.157. The Morgan fingerprint density at radius 2 is 2.00 bits per heavy atom. The Balaban J connectivity index is 2.19. The topological polar surface area (TPSA) is 26.3 Å². The zero-order chi connectivity index (χ0) is 10.2. The van der Waals surface area contributed by atoms with Gasteiger partial charge in [-0.25, -0.2) is 0 Å². The second-order valence-corrected chi connectivity index (χ2v) is 3.06. The van der Waals surface area contributed by atoms with Crippen molar-refractivity contribution in [1.29, 1.82) is 0 Å². The first-order chi connectivity index (χ1) is 6.83. The van der Waals surface area contributed by atoms with E-state index in [1.807, 2.05) is 30.3 Å². The summed E-state index contributed by atoms with van der Waals surface area (Å²) in [5, 5.41) is 0. The minimum absolute atomic E-state index is 0.157. The fourth-order valence-corrected chi connectivity index (χ4v) is 1.14. The molecule has 0 heterocycles. The summed E-state index contributed by atoms with van der Waals surface area (Å²) in [5.41, 5.74) is 1.19. The molecule has 0 bridgehead atoms. The van der Waals surface area contributed by atoms with Crippen LogP contribution < -0.4 is 0 Å². The predicted molar refractivity (Wildman–Crippen MR) is 55.7 cm³/mol. The van der Waals surface area contributed by atoms with Crippen LogP contribution in [0.25, 0.3) is 0 Å². The van der Waals surface area contributed by atoms with Gasteiger partial charge in [-0.1, -0.05) is 37.3 Å². The highest BCUT2D eigenvalue weighted by Crippen LogP contribution is 2.00. The summed E-state index contributed by atoms with van der Waals surface area (Å²) in [6.07, 6.45) is 1.79. The number of esters is 1. The van der Waals surface area contributed by atoms with Crippen molar-refractivity contribution in [3.05, 3.63) is 42.8 Å². The van der Waals surface area contributed by atoms with Crippen LogP contribution in [0.4, 0.5) is 0 Å². The number of hydrogen-bond donors (Lipinski definition) is 0. The summed E-state index contributed by atoms with van der Waals surface area (Å²) in [6, 6.07) is 9.98. The Morgan fingerprint density at radius 1 is 1.29 bits per heavy atom. The van der Waals surface area contributed by atoms with Crippen molar-refractivity contribution in [3.8, 4) is 0 Å². The zero-order valence-electron chi connectivity index (χ0n) is 8.24. The molecule has 0 amide bonds. The molecule has 0 aliphatic rings. The third-order valence-corrected chi connectivity index (χ3v) is 1.88. The van der Waals surface area contributed by atoms with Gasteiger partial charge in [0.05, 0.1) is 6.61 Å². The lowest BCUT2D eigenvalue weighted by atomic mass is 10.2. The second kappa shape index (κ2) is 6.19. The molecule has 0 atom stereocenters. The molecule has 1 rings (SSSR count). The van der Waals surface area contributed by atoms with Crippen LogP contribution in [0.5, 0.6) is 0 Å². The number of carbonyl (C=O) groups is 1. The Kier molecular flexibility index (Phi) is 4.76. The van der Waals surface area contributed by atoms with Gasteiger partial charge in [0.2, 0.25) is 0 Å². The van der Waals surface area contributed by atoms with E-state index in [0.717, 1.165) is 6.42 Å². The summed E-state index contributed by atoms with van der Waals surface area (Å²) in [7, 11) is 0. The van der Waals surface area contributed by atoms with E-state index in [1.165, 1.54) is 5.56 Å². The second-order valence-electron chi connectivity index (χ2n) is 3.06. The van der Waals surface area contributed by atoms with E-state index in [2.05, 4.69) is 6.92 Å². The molecule has 0 aliphatic carbocycles. The molecule has 0 aliphatic heterocycles. The number of rotatable bonds is 5. The van der Waals surface area contributed by atoms with E-state index >= 15 is 0 Å².